The molecule has 1 heterocycles. The highest BCUT2D eigenvalue weighted by Crippen LogP contribution is 2.19. The Balaban J connectivity index is 2.23. The summed E-state index contributed by atoms with van der Waals surface area (Å²) in [4.78, 5) is 0. The molecule has 4 heteroatoms. The van der Waals surface area contributed by atoms with Crippen molar-refractivity contribution in [3.8, 4) is 0 Å². The quantitative estimate of drug-likeness (QED) is 0.670. The molecule has 1 saturated heterocycles. The Bertz CT molecular complexity index is 81.0. The molecule has 0 atom stereocenters. The first kappa shape index (κ1) is 7.98. The van der Waals surface area contributed by atoms with E-state index in [0.717, 1.165) is 19.6 Å². The summed E-state index contributed by atoms with van der Waals surface area (Å²) in [6, 6.07) is 0. The summed E-state index contributed by atoms with van der Waals surface area (Å²) in [5.74, 6) is 0. The lowest BCUT2D eigenvalue weighted by molar-refractivity contribution is -0.166. The molecule has 0 spiro atoms. The van der Waals surface area contributed by atoms with E-state index in [1.807, 2.05) is 0 Å². The van der Waals surface area contributed by atoms with Gasteiger partial charge in [0.05, 0.1) is 13.2 Å². The van der Waals surface area contributed by atoms with E-state index in [-0.39, 0.29) is 10.0 Å². The largest absolute Gasteiger partial charge is 0.350 e. The minimum atomic E-state index is -0.112. The van der Waals surface area contributed by atoms with Crippen molar-refractivity contribution in [2.24, 2.45) is 0 Å². The van der Waals surface area contributed by atoms with Gasteiger partial charge < -0.3 is 9.47 Å². The van der Waals surface area contributed by atoms with Crippen LogP contribution in [0.1, 0.15) is 6.42 Å². The fraction of sp³-hybridized carbons (Fsp3) is 1.00. The van der Waals surface area contributed by atoms with Crippen LogP contribution in [-0.4, -0.2) is 23.2 Å². The van der Waals surface area contributed by atoms with Crippen LogP contribution in [0.3, 0.4) is 0 Å². The third-order valence-electron chi connectivity index (χ3n) is 1.06. The van der Waals surface area contributed by atoms with E-state index in [2.05, 4.69) is 31.9 Å². The zero-order valence-electron chi connectivity index (χ0n) is 4.85. The molecule has 0 bridgehead atoms. The Morgan fingerprint density at radius 1 is 1.22 bits per heavy atom. The van der Waals surface area contributed by atoms with Crippen molar-refractivity contribution in [3.63, 3.8) is 0 Å². The molecule has 0 aliphatic carbocycles. The molecule has 1 aliphatic rings. The third-order valence-corrected chi connectivity index (χ3v) is 1.92. The first-order chi connectivity index (χ1) is 4.30. The summed E-state index contributed by atoms with van der Waals surface area (Å²) < 4.78 is 10.6. The third kappa shape index (κ3) is 2.53. The molecule has 0 amide bonds. The molecule has 54 valence electrons. The molecule has 0 N–H and O–H groups in total. The summed E-state index contributed by atoms with van der Waals surface area (Å²) in [6.45, 7) is 1.61. The van der Waals surface area contributed by atoms with Gasteiger partial charge in [0.1, 0.15) is 3.74 Å². The smallest absolute Gasteiger partial charge is 0.179 e. The molecule has 1 fully saturated rings. The topological polar surface area (TPSA) is 18.5 Å². The highest BCUT2D eigenvalue weighted by atomic mass is 79.9. The second-order valence-corrected chi connectivity index (χ2v) is 5.00. The van der Waals surface area contributed by atoms with E-state index in [0.29, 0.717) is 0 Å². The van der Waals surface area contributed by atoms with E-state index in [4.69, 9.17) is 9.47 Å². The van der Waals surface area contributed by atoms with Gasteiger partial charge >= 0.3 is 0 Å². The van der Waals surface area contributed by atoms with E-state index in [1.54, 1.807) is 0 Å². The van der Waals surface area contributed by atoms with Gasteiger partial charge in [-0.05, 0) is 6.42 Å². The molecule has 0 aromatic carbocycles. The highest BCUT2D eigenvalue weighted by molar-refractivity contribution is 9.24. The zero-order valence-corrected chi connectivity index (χ0v) is 8.02. The Kier molecular flexibility index (Phi) is 3.46. The summed E-state index contributed by atoms with van der Waals surface area (Å²) >= 11 is 6.61. The van der Waals surface area contributed by atoms with Crippen molar-refractivity contribution >= 4 is 31.9 Å². The monoisotopic (exact) mass is 258 g/mol. The molecular formula is C5H8Br2O2. The van der Waals surface area contributed by atoms with Crippen molar-refractivity contribution in [1.82, 2.24) is 0 Å². The second-order valence-electron chi connectivity index (χ2n) is 1.80. The molecule has 2 nitrogen and oxygen atoms in total. The van der Waals surface area contributed by atoms with Crippen LogP contribution in [0.25, 0.3) is 0 Å². The Hall–Kier alpha value is 0.880. The maximum atomic E-state index is 5.22. The summed E-state index contributed by atoms with van der Waals surface area (Å²) in [7, 11) is 0. The van der Waals surface area contributed by atoms with Crippen LogP contribution < -0.4 is 0 Å². The Morgan fingerprint density at radius 3 is 2.11 bits per heavy atom. The van der Waals surface area contributed by atoms with Crippen molar-refractivity contribution in [1.29, 1.82) is 0 Å². The molecular weight excluding hydrogens is 252 g/mol. The molecule has 0 saturated carbocycles. The lowest BCUT2D eigenvalue weighted by Crippen LogP contribution is -2.29. The zero-order chi connectivity index (χ0) is 6.69. The summed E-state index contributed by atoms with van der Waals surface area (Å²) in [5.41, 5.74) is 0. The number of hydrogen-bond acceptors (Lipinski definition) is 2. The van der Waals surface area contributed by atoms with Gasteiger partial charge in [0, 0.05) is 0 Å². The van der Waals surface area contributed by atoms with Gasteiger partial charge in [0.25, 0.3) is 0 Å². The van der Waals surface area contributed by atoms with Crippen LogP contribution >= 0.6 is 31.9 Å². The maximum Gasteiger partial charge on any atom is 0.179 e. The van der Waals surface area contributed by atoms with Gasteiger partial charge in [-0.25, -0.2) is 0 Å². The predicted octanol–water partition coefficient (Wildman–Crippen LogP) is 1.87. The van der Waals surface area contributed by atoms with E-state index >= 15 is 0 Å². The van der Waals surface area contributed by atoms with Gasteiger partial charge in [-0.15, -0.1) is 0 Å². The van der Waals surface area contributed by atoms with Crippen molar-refractivity contribution < 1.29 is 9.47 Å². The lowest BCUT2D eigenvalue weighted by Gasteiger charge is -2.23. The normalized spacial score (nSPS) is 23.0. The second kappa shape index (κ2) is 3.91. The van der Waals surface area contributed by atoms with E-state index in [9.17, 15) is 0 Å². The molecule has 1 aliphatic heterocycles. The Morgan fingerprint density at radius 2 is 1.78 bits per heavy atom. The predicted molar refractivity (Wildman–Crippen MR) is 42.0 cm³/mol. The van der Waals surface area contributed by atoms with Crippen molar-refractivity contribution in [2.75, 3.05) is 13.2 Å². The standard InChI is InChI=1S/C5H8Br2O2/c6-4(7)5-8-2-1-3-9-5/h4-5H,1-3H2. The first-order valence-electron chi connectivity index (χ1n) is 2.82. The molecule has 0 aromatic heterocycles. The number of halogens is 2. The molecule has 0 unspecified atom stereocenters. The first-order valence-corrected chi connectivity index (χ1v) is 4.65. The van der Waals surface area contributed by atoms with Crippen LogP contribution in [0.4, 0.5) is 0 Å². The molecule has 0 aromatic rings. The van der Waals surface area contributed by atoms with Crippen LogP contribution in [0.2, 0.25) is 0 Å². The minimum Gasteiger partial charge on any atom is -0.350 e. The van der Waals surface area contributed by atoms with Crippen LogP contribution in [0.5, 0.6) is 0 Å². The fourth-order valence-corrected chi connectivity index (χ4v) is 1.26. The highest BCUT2D eigenvalue weighted by Gasteiger charge is 2.19. The van der Waals surface area contributed by atoms with Crippen molar-refractivity contribution in [3.05, 3.63) is 0 Å². The van der Waals surface area contributed by atoms with E-state index in [1.165, 1.54) is 0 Å². The van der Waals surface area contributed by atoms with Crippen molar-refractivity contribution in [2.45, 2.75) is 16.4 Å². The van der Waals surface area contributed by atoms with E-state index < -0.39 is 0 Å². The van der Waals surface area contributed by atoms with Gasteiger partial charge in [-0.2, -0.15) is 0 Å². The average Bonchev–Trinajstić information content (AvgIpc) is 1.90. The molecule has 9 heavy (non-hydrogen) atoms. The number of rotatable bonds is 1. The van der Waals surface area contributed by atoms with Gasteiger partial charge in [0.2, 0.25) is 0 Å². The van der Waals surface area contributed by atoms with Crippen LogP contribution in [-0.2, 0) is 9.47 Å². The van der Waals surface area contributed by atoms with Crippen LogP contribution in [0, 0.1) is 0 Å². The Labute approximate surface area is 71.2 Å². The SMILES string of the molecule is BrC(Br)C1OCCCO1. The molecule has 1 rings (SSSR count). The molecule has 0 radical (unpaired) electrons. The number of hydrogen-bond donors (Lipinski definition) is 0. The number of ether oxygens (including phenoxy) is 2. The van der Waals surface area contributed by atoms with Crippen LogP contribution in [0.15, 0.2) is 0 Å². The van der Waals surface area contributed by atoms with Gasteiger partial charge in [-0.3, -0.25) is 0 Å². The maximum absolute atomic E-state index is 5.22. The summed E-state index contributed by atoms with van der Waals surface area (Å²) in [6.07, 6.45) is 0.891. The average molecular weight is 260 g/mol. The fourth-order valence-electron chi connectivity index (χ4n) is 0.651. The summed E-state index contributed by atoms with van der Waals surface area (Å²) in [5, 5.41) is 0. The number of alkyl halides is 2. The lowest BCUT2D eigenvalue weighted by atomic mass is 10.4. The minimum absolute atomic E-state index is 0.112. The van der Waals surface area contributed by atoms with Gasteiger partial charge in [0.15, 0.2) is 6.29 Å². The van der Waals surface area contributed by atoms with Gasteiger partial charge in [-0.1, -0.05) is 31.9 Å².